The number of nitrogens with one attached hydrogen (secondary N) is 14. The number of likely N-dealkylation sites (tertiary alicyclic amines) is 1. The molecular weight excluding hydrogens is 1770 g/mol. The lowest BCUT2D eigenvalue weighted by Gasteiger charge is -2.30. The Morgan fingerprint density at radius 1 is 0.500 bits per heavy atom. The summed E-state index contributed by atoms with van der Waals surface area (Å²) in [6.45, 7) is 9.07. The molecule has 4 aromatic carbocycles. The highest BCUT2D eigenvalue weighted by Crippen LogP contribution is 2.27. The summed E-state index contributed by atoms with van der Waals surface area (Å²) in [6.07, 6.45) is 1.67. The van der Waals surface area contributed by atoms with Gasteiger partial charge in [-0.25, -0.2) is 4.79 Å². The normalized spacial score (nSPS) is 23.2. The summed E-state index contributed by atoms with van der Waals surface area (Å²) >= 11 is 0. The molecule has 15 amide bonds. The summed E-state index contributed by atoms with van der Waals surface area (Å²) in [6, 6.07) is 3.35. The number of aliphatic hydroxyl groups excluding tert-OH is 3. The van der Waals surface area contributed by atoms with E-state index >= 15 is 33.6 Å². The Morgan fingerprint density at radius 3 is 1.49 bits per heavy atom. The first-order valence-electron chi connectivity index (χ1n) is 45.9. The van der Waals surface area contributed by atoms with E-state index in [4.69, 9.17) is 22.9 Å². The summed E-state index contributed by atoms with van der Waals surface area (Å²) in [5.41, 5.74) is 28.3. The van der Waals surface area contributed by atoms with Crippen LogP contribution in [0.5, 0.6) is 0 Å². The van der Waals surface area contributed by atoms with Gasteiger partial charge >= 0.3 is 5.97 Å². The number of aliphatic hydroxyl groups is 3. The lowest BCUT2D eigenvalue weighted by Crippen LogP contribution is -2.63. The maximum absolute atomic E-state index is 15.7. The molecule has 0 saturated carbocycles. The van der Waals surface area contributed by atoms with Crippen LogP contribution in [0.1, 0.15) is 175 Å². The first-order valence-corrected chi connectivity index (χ1v) is 48.3. The zero-order valence-corrected chi connectivity index (χ0v) is 78.6. The molecule has 0 radical (unpaired) electrons. The SMILES string of the molecule is CCCCCCCC(=O)N1CCC[C@H]1C(=O)N[C@H]1CSSC[C@@H](C(=O)N[C@@H](CCCCN)C(=O)O)NC(=O)[C@H](CO)NC(=O)[C@H]([C@@H](C)O)NC(=O)[C@H](Cc2ccccc2)NC(=O)[C@H]([C@@H](C)O)NC(=O)[C@H](CCCCN)NC(=O)[C@@H](Cc2c[nH]c3ccccc23)NC(=O)[C@H](Cc2ccccc2)NC(=O)[C@H](Cc2c(C)cc(C)cc2C)NC(=O)[C@H](CC(N)=O)NC(=O)[C@H](CCCCN)NC1=O. The van der Waals surface area contributed by atoms with Crippen molar-refractivity contribution in [3.05, 3.63) is 142 Å². The predicted octanol–water partition coefficient (Wildman–Crippen LogP) is -0.486. The van der Waals surface area contributed by atoms with Crippen molar-refractivity contribution in [2.45, 2.75) is 280 Å². The van der Waals surface area contributed by atoms with Gasteiger partial charge in [-0.05, 0) is 171 Å². The van der Waals surface area contributed by atoms with Crippen molar-refractivity contribution in [2.24, 2.45) is 22.9 Å². The van der Waals surface area contributed by atoms with Gasteiger partial charge in [-0.15, -0.1) is 0 Å². The number of carbonyl (C=O) groups is 16. The van der Waals surface area contributed by atoms with Crippen LogP contribution in [-0.2, 0) is 102 Å². The Balaban J connectivity index is 1.38. The standard InChI is InChI=1S/C93H135N19O20S2/c1-7-8-9-10-17-37-77(117)112-41-26-36-75(112)90(128)109-74-52-134-133-51-73(89(127)101-66(93(131)132)35-22-25-40-96)108-87(125)72(50-113)107-92(130)79(57(6)115)111-86(124)68(45-59-29-15-12-16-30-59)106-91(129)78(56(5)114)110-81(119)65(34-21-24-39-95)99-83(121)69(46-60-49-98-63-32-19-18-31-61(60)63)103-82(120)67(44-58-27-13-11-14-28-58)102-84(122)70(47-62-54(3)42-53(2)43-55(62)4)104-85(123)71(48-76(97)116)105-80(118)64(100-88(74)126)33-20-23-38-94/h11-16,18-19,27-32,42-43,49,56-57,64-75,78-79,98,113-115H,7-10,17,20-26,33-41,44-48,50-52,94-96H2,1-6H3,(H2,97,116)(H,99,121)(H,100,126)(H,101,127)(H,102,122)(H,103,120)(H,104,123)(H,105,118)(H,106,129)(H,107,130)(H,108,125)(H,109,128)(H,110,119)(H,111,124)(H,131,132)/t56-,57-,64+,65+,66+,67+,68+,69-,70+,71+,72+,73+,74+,75+,78+,79+/m1/s1. The fraction of sp³-hybridized carbons (Fsp3) is 0.548. The molecule has 134 heavy (non-hydrogen) atoms. The number of aromatic nitrogens is 1. The number of hydrogen-bond donors (Lipinski definition) is 22. The van der Waals surface area contributed by atoms with Gasteiger partial charge in [-0.1, -0.05) is 151 Å². The Morgan fingerprint density at radius 2 is 0.955 bits per heavy atom. The molecule has 41 heteroatoms. The van der Waals surface area contributed by atoms with Crippen molar-refractivity contribution >= 4 is 127 Å². The minimum Gasteiger partial charge on any atom is -0.480 e. The molecule has 2 aliphatic rings. The molecule has 7 rings (SSSR count). The maximum Gasteiger partial charge on any atom is 0.326 e. The number of aryl methyl sites for hydroxylation is 3. The highest BCUT2D eigenvalue weighted by molar-refractivity contribution is 8.76. The highest BCUT2D eigenvalue weighted by Gasteiger charge is 2.42. The third-order valence-electron chi connectivity index (χ3n) is 23.3. The summed E-state index contributed by atoms with van der Waals surface area (Å²) in [5, 5.41) is 78.4. The van der Waals surface area contributed by atoms with E-state index in [0.717, 1.165) is 66.7 Å². The first-order chi connectivity index (χ1) is 64.1. The van der Waals surface area contributed by atoms with Crippen LogP contribution in [0, 0.1) is 20.8 Å². The minimum absolute atomic E-state index is 0.0976. The lowest BCUT2D eigenvalue weighted by atomic mass is 9.93. The molecule has 1 aromatic heterocycles. The minimum atomic E-state index is -2.03. The number of nitrogens with two attached hydrogens (primary N) is 4. The molecule has 16 atom stereocenters. The quantitative estimate of drug-likeness (QED) is 0.0178. The molecular formula is C93H135N19O20S2. The van der Waals surface area contributed by atoms with Crippen molar-refractivity contribution in [2.75, 3.05) is 44.3 Å². The zero-order valence-electron chi connectivity index (χ0n) is 77.0. The number of fused-ring (bicyclic) bond motifs is 1. The van der Waals surface area contributed by atoms with Gasteiger partial charge in [0.1, 0.15) is 84.6 Å². The number of rotatable bonds is 36. The molecule has 0 spiro atoms. The number of carbonyl (C=O) groups excluding carboxylic acids is 15. The number of aromatic amines is 1. The van der Waals surface area contributed by atoms with Gasteiger partial charge in [-0.3, -0.25) is 71.9 Å². The number of carboxylic acids is 1. The molecule has 26 N–H and O–H groups in total. The molecule has 734 valence electrons. The van der Waals surface area contributed by atoms with Gasteiger partial charge in [-0.2, -0.15) is 0 Å². The van der Waals surface area contributed by atoms with E-state index in [2.05, 4.69) is 81.0 Å². The molecule has 0 unspecified atom stereocenters. The number of nitrogens with zero attached hydrogens (tertiary/aromatic N) is 1. The third kappa shape index (κ3) is 35.0. The fourth-order valence-corrected chi connectivity index (χ4v) is 18.2. The van der Waals surface area contributed by atoms with Crippen molar-refractivity contribution in [1.82, 2.24) is 79.0 Å². The number of amides is 15. The van der Waals surface area contributed by atoms with E-state index in [9.17, 15) is 63.6 Å². The average molecular weight is 1900 g/mol. The van der Waals surface area contributed by atoms with Gasteiger partial charge in [0.05, 0.1) is 25.2 Å². The summed E-state index contributed by atoms with van der Waals surface area (Å²) in [4.78, 5) is 241. The van der Waals surface area contributed by atoms with Crippen LogP contribution in [-0.4, -0.2) is 266 Å². The van der Waals surface area contributed by atoms with Crippen molar-refractivity contribution in [1.29, 1.82) is 0 Å². The number of carboxylic acid groups (broad SMARTS) is 1. The van der Waals surface area contributed by atoms with Gasteiger partial charge in [0.15, 0.2) is 0 Å². The third-order valence-corrected chi connectivity index (χ3v) is 25.8. The van der Waals surface area contributed by atoms with Crippen LogP contribution in [0.15, 0.2) is 103 Å². The molecule has 2 aliphatic heterocycles. The summed E-state index contributed by atoms with van der Waals surface area (Å²) in [5.74, 6) is -17.9. The lowest BCUT2D eigenvalue weighted by molar-refractivity contribution is -0.142. The number of primary amides is 1. The number of benzene rings is 4. The second-order valence-corrected chi connectivity index (χ2v) is 36.7. The largest absolute Gasteiger partial charge is 0.480 e. The number of aliphatic carboxylic acids is 1. The van der Waals surface area contributed by atoms with Crippen LogP contribution < -0.4 is 92.1 Å². The van der Waals surface area contributed by atoms with Gasteiger partial charge in [0.2, 0.25) is 88.6 Å². The number of unbranched alkanes of at least 4 members (excludes halogenated alkanes) is 7. The monoisotopic (exact) mass is 1900 g/mol. The van der Waals surface area contributed by atoms with Gasteiger partial charge in [0.25, 0.3) is 0 Å². The smallest absolute Gasteiger partial charge is 0.326 e. The predicted molar refractivity (Wildman–Crippen MR) is 505 cm³/mol. The van der Waals surface area contributed by atoms with E-state index in [-0.39, 0.29) is 116 Å². The van der Waals surface area contributed by atoms with Crippen LogP contribution in [0.25, 0.3) is 10.9 Å². The number of hydrogen-bond acceptors (Lipinski definition) is 24. The average Bonchev–Trinajstić information content (AvgIpc) is 1.62. The summed E-state index contributed by atoms with van der Waals surface area (Å²) < 4.78 is 0. The molecule has 39 nitrogen and oxygen atoms in total. The first kappa shape index (κ1) is 109. The van der Waals surface area contributed by atoms with E-state index in [0.29, 0.717) is 70.0 Å². The highest BCUT2D eigenvalue weighted by atomic mass is 33.1. The van der Waals surface area contributed by atoms with Crippen molar-refractivity contribution in [3.8, 4) is 0 Å². The fourth-order valence-electron chi connectivity index (χ4n) is 15.9. The van der Waals surface area contributed by atoms with E-state index < -0.39 is 210 Å². The van der Waals surface area contributed by atoms with Crippen LogP contribution in [0.4, 0.5) is 0 Å². The molecule has 3 heterocycles. The Kier molecular flexibility index (Phi) is 46.2. The molecule has 5 aromatic rings. The Hall–Kier alpha value is -11.6. The summed E-state index contributed by atoms with van der Waals surface area (Å²) in [7, 11) is 1.62. The second-order valence-electron chi connectivity index (χ2n) is 34.2. The topological polar surface area (TPSA) is 634 Å². The molecule has 2 saturated heterocycles. The van der Waals surface area contributed by atoms with Crippen LogP contribution in [0.3, 0.4) is 0 Å². The maximum atomic E-state index is 15.7. The Labute approximate surface area is 788 Å². The second kappa shape index (κ2) is 56.6. The van der Waals surface area contributed by atoms with E-state index in [1.54, 1.807) is 105 Å². The molecule has 0 aliphatic carbocycles. The molecule has 0 bridgehead atoms. The van der Waals surface area contributed by atoms with E-state index in [1.165, 1.54) is 4.90 Å². The van der Waals surface area contributed by atoms with Gasteiger partial charge in [0, 0.05) is 67.3 Å². The molecule has 2 fully saturated rings. The van der Waals surface area contributed by atoms with E-state index in [1.807, 2.05) is 19.1 Å². The van der Waals surface area contributed by atoms with Crippen molar-refractivity contribution in [3.63, 3.8) is 0 Å². The van der Waals surface area contributed by atoms with Gasteiger partial charge < -0.3 is 122 Å². The van der Waals surface area contributed by atoms with Crippen molar-refractivity contribution < 1.29 is 97.1 Å². The number of para-hydroxylation sites is 1. The van der Waals surface area contributed by atoms with Crippen LogP contribution >= 0.6 is 21.6 Å². The van der Waals surface area contributed by atoms with Crippen LogP contribution in [0.2, 0.25) is 0 Å². The number of H-pyrrole nitrogens is 1. The Bertz CT molecular complexity index is 4760. The zero-order chi connectivity index (χ0) is 98.1.